The van der Waals surface area contributed by atoms with Crippen LogP contribution in [0.1, 0.15) is 5.56 Å². The van der Waals surface area contributed by atoms with E-state index in [9.17, 15) is 9.59 Å². The van der Waals surface area contributed by atoms with E-state index in [0.29, 0.717) is 44.5 Å². The Hall–Kier alpha value is -2.91. The Morgan fingerprint density at radius 3 is 2.47 bits per heavy atom. The molecule has 2 aromatic carbocycles. The van der Waals surface area contributed by atoms with Gasteiger partial charge in [0.05, 0.1) is 30.1 Å². The maximum absolute atomic E-state index is 12.8. The number of methoxy groups -OCH3 is 2. The normalized spacial score (nSPS) is 14.6. The first kappa shape index (κ1) is 23.7. The second-order valence-corrected chi connectivity index (χ2v) is 8.31. The minimum Gasteiger partial charge on any atom is -0.493 e. The summed E-state index contributed by atoms with van der Waals surface area (Å²) in [5, 5.41) is -0.346. The maximum atomic E-state index is 12.8. The van der Waals surface area contributed by atoms with Gasteiger partial charge in [0.25, 0.3) is 11.1 Å². The van der Waals surface area contributed by atoms with Crippen molar-refractivity contribution in [3.63, 3.8) is 0 Å². The number of benzene rings is 2. The first-order valence-corrected chi connectivity index (χ1v) is 11.2. The fourth-order valence-corrected chi connectivity index (χ4v) is 4.37. The van der Waals surface area contributed by atoms with E-state index >= 15 is 0 Å². The number of para-hydroxylation sites is 2. The molecule has 168 valence electrons. The van der Waals surface area contributed by atoms with Crippen LogP contribution in [0.2, 0.25) is 0 Å². The summed E-state index contributed by atoms with van der Waals surface area (Å²) in [6, 6.07) is 10.7. The zero-order valence-corrected chi connectivity index (χ0v) is 20.0. The molecule has 1 aliphatic heterocycles. The second-order valence-electron chi connectivity index (χ2n) is 6.47. The van der Waals surface area contributed by atoms with Crippen LogP contribution in [-0.2, 0) is 4.79 Å². The Morgan fingerprint density at radius 2 is 1.78 bits per heavy atom. The van der Waals surface area contributed by atoms with E-state index in [1.54, 1.807) is 43.5 Å². The lowest BCUT2D eigenvalue weighted by Gasteiger charge is -2.14. The number of hydrogen-bond donors (Lipinski definition) is 0. The summed E-state index contributed by atoms with van der Waals surface area (Å²) < 4.78 is 22.6. The number of amides is 2. The highest BCUT2D eigenvalue weighted by Crippen LogP contribution is 2.39. The quantitative estimate of drug-likeness (QED) is 0.317. The molecule has 2 aromatic rings. The molecule has 9 heteroatoms. The number of nitrogens with zero attached hydrogens (tertiary/aromatic N) is 1. The average molecular weight is 520 g/mol. The Labute approximate surface area is 199 Å². The van der Waals surface area contributed by atoms with Crippen LogP contribution in [0.5, 0.6) is 23.0 Å². The van der Waals surface area contributed by atoms with Crippen LogP contribution in [0, 0.1) is 0 Å². The van der Waals surface area contributed by atoms with Gasteiger partial charge in [-0.2, -0.15) is 0 Å². The molecule has 1 fully saturated rings. The highest BCUT2D eigenvalue weighted by molar-refractivity contribution is 9.10. The number of hydrogen-bond acceptors (Lipinski definition) is 7. The molecule has 0 saturated carbocycles. The minimum absolute atomic E-state index is 0.126. The van der Waals surface area contributed by atoms with Crippen molar-refractivity contribution >= 4 is 44.9 Å². The summed E-state index contributed by atoms with van der Waals surface area (Å²) in [4.78, 5) is 26.7. The van der Waals surface area contributed by atoms with Gasteiger partial charge in [-0.15, -0.1) is 0 Å². The zero-order valence-electron chi connectivity index (χ0n) is 17.6. The van der Waals surface area contributed by atoms with Crippen molar-refractivity contribution in [2.75, 3.05) is 34.0 Å². The van der Waals surface area contributed by atoms with Gasteiger partial charge in [-0.3, -0.25) is 14.5 Å². The first-order chi connectivity index (χ1) is 15.5. The van der Waals surface area contributed by atoms with Gasteiger partial charge >= 0.3 is 0 Å². The molecule has 0 aromatic heterocycles. The smallest absolute Gasteiger partial charge is 0.293 e. The van der Waals surface area contributed by atoms with E-state index in [0.717, 1.165) is 11.8 Å². The third-order valence-electron chi connectivity index (χ3n) is 4.41. The number of ether oxygens (including phenoxy) is 4. The fourth-order valence-electron chi connectivity index (χ4n) is 2.93. The summed E-state index contributed by atoms with van der Waals surface area (Å²) in [5.41, 5.74) is 0.690. The highest BCUT2D eigenvalue weighted by Gasteiger charge is 2.35. The molecule has 0 aliphatic carbocycles. The van der Waals surface area contributed by atoms with Crippen molar-refractivity contribution in [3.05, 3.63) is 64.0 Å². The van der Waals surface area contributed by atoms with Crippen LogP contribution in [0.15, 0.2) is 58.4 Å². The maximum Gasteiger partial charge on any atom is 0.293 e. The molecule has 0 N–H and O–H groups in total. The molecular weight excluding hydrogens is 498 g/mol. The summed E-state index contributed by atoms with van der Waals surface area (Å²) >= 11 is 4.35. The molecule has 1 heterocycles. The monoisotopic (exact) mass is 519 g/mol. The second kappa shape index (κ2) is 11.1. The van der Waals surface area contributed by atoms with Crippen LogP contribution in [0.3, 0.4) is 0 Å². The van der Waals surface area contributed by atoms with Crippen molar-refractivity contribution in [3.8, 4) is 23.0 Å². The number of rotatable bonds is 10. The largest absolute Gasteiger partial charge is 0.493 e. The van der Waals surface area contributed by atoms with Gasteiger partial charge < -0.3 is 18.9 Å². The Kier molecular flexibility index (Phi) is 8.24. The molecule has 1 aliphatic rings. The molecule has 3 rings (SSSR count). The number of carbonyl (C=O) groups is 2. The SMILES string of the molecule is C=CCOc1c(Br)cc(/C=C2\SC(=O)N(CCOc3ccccc3OC)C2=O)cc1OC. The van der Waals surface area contributed by atoms with E-state index < -0.39 is 0 Å². The molecule has 0 radical (unpaired) electrons. The van der Waals surface area contributed by atoms with E-state index in [4.69, 9.17) is 18.9 Å². The minimum atomic E-state index is -0.370. The lowest BCUT2D eigenvalue weighted by atomic mass is 10.2. The molecule has 2 amide bonds. The standard InChI is InChI=1S/C23H22BrNO6S/c1-4-10-31-21-16(24)12-15(13-19(21)29-3)14-20-22(26)25(23(27)32-20)9-11-30-18-8-6-5-7-17(18)28-2/h4-8,12-14H,1,9-11H2,2-3H3/b20-14-. The molecule has 1 saturated heterocycles. The number of imide groups is 1. The molecule has 32 heavy (non-hydrogen) atoms. The summed E-state index contributed by atoms with van der Waals surface area (Å²) in [6.45, 7) is 4.24. The van der Waals surface area contributed by atoms with Crippen molar-refractivity contribution < 1.29 is 28.5 Å². The third-order valence-corrected chi connectivity index (χ3v) is 5.91. The third kappa shape index (κ3) is 5.46. The van der Waals surface area contributed by atoms with E-state index in [1.807, 2.05) is 12.1 Å². The number of halogens is 1. The zero-order chi connectivity index (χ0) is 23.1. The lowest BCUT2D eigenvalue weighted by Crippen LogP contribution is -2.32. The van der Waals surface area contributed by atoms with E-state index in [2.05, 4.69) is 22.5 Å². The van der Waals surface area contributed by atoms with Crippen LogP contribution in [0.4, 0.5) is 4.79 Å². The summed E-state index contributed by atoms with van der Waals surface area (Å²) in [7, 11) is 3.08. The summed E-state index contributed by atoms with van der Waals surface area (Å²) in [5.74, 6) is 1.79. The molecular formula is C23H22BrNO6S. The Morgan fingerprint density at radius 1 is 1.06 bits per heavy atom. The van der Waals surface area contributed by atoms with Crippen LogP contribution >= 0.6 is 27.7 Å². The average Bonchev–Trinajstić information content (AvgIpc) is 3.05. The van der Waals surface area contributed by atoms with Gasteiger partial charge in [0.1, 0.15) is 13.2 Å². The van der Waals surface area contributed by atoms with Crippen LogP contribution in [-0.4, -0.2) is 50.0 Å². The molecule has 7 nitrogen and oxygen atoms in total. The van der Waals surface area contributed by atoms with Crippen molar-refractivity contribution in [2.24, 2.45) is 0 Å². The fraction of sp³-hybridized carbons (Fsp3) is 0.217. The Balaban J connectivity index is 1.71. The van der Waals surface area contributed by atoms with E-state index in [1.165, 1.54) is 12.0 Å². The molecule has 0 spiro atoms. The van der Waals surface area contributed by atoms with Gasteiger partial charge in [0, 0.05) is 0 Å². The summed E-state index contributed by atoms with van der Waals surface area (Å²) in [6.07, 6.45) is 3.28. The van der Waals surface area contributed by atoms with Crippen molar-refractivity contribution in [2.45, 2.75) is 0 Å². The van der Waals surface area contributed by atoms with Crippen LogP contribution in [0.25, 0.3) is 6.08 Å². The Bertz CT molecular complexity index is 1050. The number of carbonyl (C=O) groups excluding carboxylic acids is 2. The van der Waals surface area contributed by atoms with Gasteiger partial charge in [-0.25, -0.2) is 0 Å². The van der Waals surface area contributed by atoms with Gasteiger partial charge in [0.2, 0.25) is 0 Å². The predicted octanol–water partition coefficient (Wildman–Crippen LogP) is 5.15. The van der Waals surface area contributed by atoms with Crippen molar-refractivity contribution in [1.82, 2.24) is 4.90 Å². The van der Waals surface area contributed by atoms with Crippen LogP contribution < -0.4 is 18.9 Å². The van der Waals surface area contributed by atoms with Crippen molar-refractivity contribution in [1.29, 1.82) is 0 Å². The molecule has 0 unspecified atom stereocenters. The van der Waals surface area contributed by atoms with Gasteiger partial charge in [0.15, 0.2) is 23.0 Å². The molecule has 0 atom stereocenters. The van der Waals surface area contributed by atoms with Gasteiger partial charge in [-0.1, -0.05) is 24.8 Å². The number of thioether (sulfide) groups is 1. The highest BCUT2D eigenvalue weighted by atomic mass is 79.9. The lowest BCUT2D eigenvalue weighted by molar-refractivity contribution is -0.123. The topological polar surface area (TPSA) is 74.3 Å². The molecule has 0 bridgehead atoms. The predicted molar refractivity (Wildman–Crippen MR) is 128 cm³/mol. The van der Waals surface area contributed by atoms with E-state index in [-0.39, 0.29) is 24.3 Å². The first-order valence-electron chi connectivity index (χ1n) is 9.61. The van der Waals surface area contributed by atoms with Gasteiger partial charge in [-0.05, 0) is 63.6 Å².